The van der Waals surface area contributed by atoms with E-state index in [2.05, 4.69) is 15.2 Å². The van der Waals surface area contributed by atoms with E-state index in [9.17, 15) is 9.18 Å². The Labute approximate surface area is 149 Å². The number of fused-ring (bicyclic) bond motifs is 3. The van der Waals surface area contributed by atoms with E-state index in [-0.39, 0.29) is 12.0 Å². The molecule has 26 heavy (non-hydrogen) atoms. The fourth-order valence-corrected chi connectivity index (χ4v) is 3.85. The standard InChI is InChI=1S/C18H20FN5O2/c1-10(2)23-9-11(7-21-23)18(3)6-12(17(25)26-4)13-8-20-15-5-14(19)22-24(15)16(13)18/h5,7-10,12H,6H2,1-4H3. The summed E-state index contributed by atoms with van der Waals surface area (Å²) in [7, 11) is 1.37. The van der Waals surface area contributed by atoms with Gasteiger partial charge in [-0.25, -0.2) is 9.50 Å². The van der Waals surface area contributed by atoms with E-state index in [0.29, 0.717) is 17.6 Å². The Kier molecular flexibility index (Phi) is 3.61. The molecule has 0 bridgehead atoms. The Bertz CT molecular complexity index is 1010. The molecule has 3 aromatic heterocycles. The fraction of sp³-hybridized carbons (Fsp3) is 0.444. The summed E-state index contributed by atoms with van der Waals surface area (Å²) < 4.78 is 22.2. The number of carbonyl (C=O) groups is 1. The lowest BCUT2D eigenvalue weighted by molar-refractivity contribution is -0.142. The number of nitrogens with zero attached hydrogens (tertiary/aromatic N) is 5. The molecule has 3 aromatic rings. The molecule has 0 aliphatic heterocycles. The molecule has 0 saturated heterocycles. The predicted octanol–water partition coefficient (Wildman–Crippen LogP) is 2.61. The van der Waals surface area contributed by atoms with Crippen molar-refractivity contribution >= 4 is 11.6 Å². The van der Waals surface area contributed by atoms with Gasteiger partial charge in [-0.15, -0.1) is 5.10 Å². The van der Waals surface area contributed by atoms with Crippen LogP contribution in [0.3, 0.4) is 0 Å². The van der Waals surface area contributed by atoms with Crippen molar-refractivity contribution in [2.24, 2.45) is 0 Å². The number of methoxy groups -OCH3 is 1. The van der Waals surface area contributed by atoms with E-state index in [1.807, 2.05) is 31.6 Å². The van der Waals surface area contributed by atoms with Crippen LogP contribution < -0.4 is 0 Å². The summed E-state index contributed by atoms with van der Waals surface area (Å²) in [5.74, 6) is -1.42. The van der Waals surface area contributed by atoms with Gasteiger partial charge in [-0.3, -0.25) is 9.48 Å². The SMILES string of the molecule is COC(=O)C1CC(C)(c2cnn(C(C)C)c2)c2c1cnc1cc(F)nn21. The van der Waals surface area contributed by atoms with Crippen LogP contribution in [0.1, 0.15) is 56.0 Å². The summed E-state index contributed by atoms with van der Waals surface area (Å²) in [6, 6.07) is 1.49. The molecule has 1 aliphatic rings. The number of esters is 1. The number of rotatable bonds is 3. The van der Waals surface area contributed by atoms with E-state index in [1.165, 1.54) is 17.7 Å². The minimum Gasteiger partial charge on any atom is -0.469 e. The van der Waals surface area contributed by atoms with Gasteiger partial charge in [-0.2, -0.15) is 9.49 Å². The van der Waals surface area contributed by atoms with Crippen molar-refractivity contribution in [2.75, 3.05) is 7.11 Å². The van der Waals surface area contributed by atoms with Gasteiger partial charge < -0.3 is 4.74 Å². The Morgan fingerprint density at radius 1 is 1.42 bits per heavy atom. The van der Waals surface area contributed by atoms with Crippen molar-refractivity contribution in [1.29, 1.82) is 0 Å². The third-order valence-corrected chi connectivity index (χ3v) is 5.25. The van der Waals surface area contributed by atoms with Crippen LogP contribution in [0.15, 0.2) is 24.7 Å². The van der Waals surface area contributed by atoms with Gasteiger partial charge in [0.25, 0.3) is 0 Å². The smallest absolute Gasteiger partial charge is 0.313 e. The molecule has 1 aliphatic carbocycles. The Morgan fingerprint density at radius 2 is 2.19 bits per heavy atom. The summed E-state index contributed by atoms with van der Waals surface area (Å²) in [5, 5.41) is 8.41. The topological polar surface area (TPSA) is 74.3 Å². The van der Waals surface area contributed by atoms with Crippen LogP contribution in [0, 0.1) is 5.95 Å². The second-order valence-corrected chi connectivity index (χ2v) is 7.21. The summed E-state index contributed by atoms with van der Waals surface area (Å²) in [4.78, 5) is 16.6. The van der Waals surface area contributed by atoms with Crippen molar-refractivity contribution in [3.05, 3.63) is 47.4 Å². The molecule has 136 valence electrons. The highest BCUT2D eigenvalue weighted by Crippen LogP contribution is 2.49. The van der Waals surface area contributed by atoms with Gasteiger partial charge in [0.1, 0.15) is 0 Å². The van der Waals surface area contributed by atoms with Crippen molar-refractivity contribution < 1.29 is 13.9 Å². The second kappa shape index (κ2) is 5.62. The maximum Gasteiger partial charge on any atom is 0.313 e. The first-order valence-electron chi connectivity index (χ1n) is 8.52. The summed E-state index contributed by atoms with van der Waals surface area (Å²) in [6.07, 6.45) is 5.89. The van der Waals surface area contributed by atoms with Gasteiger partial charge in [-0.05, 0) is 27.2 Å². The molecular formula is C18H20FN5O2. The maximum absolute atomic E-state index is 13.8. The van der Waals surface area contributed by atoms with Gasteiger partial charge in [0.15, 0.2) is 5.65 Å². The molecule has 0 amide bonds. The summed E-state index contributed by atoms with van der Waals surface area (Å²) in [6.45, 7) is 6.11. The number of ether oxygens (including phenoxy) is 1. The predicted molar refractivity (Wildman–Crippen MR) is 91.4 cm³/mol. The van der Waals surface area contributed by atoms with Crippen LogP contribution in [0.5, 0.6) is 0 Å². The summed E-state index contributed by atoms with van der Waals surface area (Å²) in [5.41, 5.74) is 2.26. The van der Waals surface area contributed by atoms with E-state index in [1.54, 1.807) is 12.4 Å². The lowest BCUT2D eigenvalue weighted by Crippen LogP contribution is -2.24. The highest BCUT2D eigenvalue weighted by molar-refractivity contribution is 5.80. The molecule has 0 saturated carbocycles. The molecule has 4 rings (SSSR count). The lowest BCUT2D eigenvalue weighted by atomic mass is 9.80. The van der Waals surface area contributed by atoms with E-state index >= 15 is 0 Å². The van der Waals surface area contributed by atoms with E-state index in [0.717, 1.165) is 11.3 Å². The van der Waals surface area contributed by atoms with Crippen LogP contribution in [0.4, 0.5) is 4.39 Å². The molecule has 2 unspecified atom stereocenters. The number of carbonyl (C=O) groups excluding carboxylic acids is 1. The van der Waals surface area contributed by atoms with Crippen molar-refractivity contribution in [3.8, 4) is 0 Å². The van der Waals surface area contributed by atoms with Gasteiger partial charge in [-0.1, -0.05) is 0 Å². The molecule has 0 aromatic carbocycles. The van der Waals surface area contributed by atoms with E-state index in [4.69, 9.17) is 4.74 Å². The van der Waals surface area contributed by atoms with Crippen LogP contribution in [-0.2, 0) is 14.9 Å². The number of halogens is 1. The first-order chi connectivity index (χ1) is 12.3. The number of hydrogen-bond donors (Lipinski definition) is 0. The third-order valence-electron chi connectivity index (χ3n) is 5.25. The molecule has 0 spiro atoms. The van der Waals surface area contributed by atoms with Crippen molar-refractivity contribution in [1.82, 2.24) is 24.4 Å². The zero-order valence-electron chi connectivity index (χ0n) is 15.1. The average Bonchev–Trinajstić information content (AvgIpc) is 3.29. The molecule has 8 heteroatoms. The van der Waals surface area contributed by atoms with E-state index < -0.39 is 17.3 Å². The average molecular weight is 357 g/mol. The molecule has 0 radical (unpaired) electrons. The highest BCUT2D eigenvalue weighted by Gasteiger charge is 2.48. The number of hydrogen-bond acceptors (Lipinski definition) is 5. The number of aromatic nitrogens is 5. The lowest BCUT2D eigenvalue weighted by Gasteiger charge is -2.24. The Morgan fingerprint density at radius 3 is 2.85 bits per heavy atom. The van der Waals surface area contributed by atoms with Crippen molar-refractivity contribution in [3.63, 3.8) is 0 Å². The molecule has 0 N–H and O–H groups in total. The molecule has 0 fully saturated rings. The van der Waals surface area contributed by atoms with Crippen molar-refractivity contribution in [2.45, 2.75) is 44.6 Å². The fourth-order valence-electron chi connectivity index (χ4n) is 3.85. The second-order valence-electron chi connectivity index (χ2n) is 7.21. The van der Waals surface area contributed by atoms with Gasteiger partial charge in [0.2, 0.25) is 5.95 Å². The molecule has 3 heterocycles. The first-order valence-corrected chi connectivity index (χ1v) is 8.52. The van der Waals surface area contributed by atoms with Gasteiger partial charge >= 0.3 is 5.97 Å². The van der Waals surface area contributed by atoms with Crippen LogP contribution in [0.25, 0.3) is 5.65 Å². The first kappa shape index (κ1) is 16.7. The molecule has 2 atom stereocenters. The maximum atomic E-state index is 13.8. The zero-order valence-corrected chi connectivity index (χ0v) is 15.1. The minimum absolute atomic E-state index is 0.212. The monoisotopic (exact) mass is 357 g/mol. The van der Waals surface area contributed by atoms with Gasteiger partial charge in [0.05, 0.1) is 24.9 Å². The van der Waals surface area contributed by atoms with Gasteiger partial charge in [0, 0.05) is 41.0 Å². The Balaban J connectivity index is 1.97. The van der Waals surface area contributed by atoms with Crippen LogP contribution in [0.2, 0.25) is 0 Å². The molecular weight excluding hydrogens is 337 g/mol. The largest absolute Gasteiger partial charge is 0.469 e. The zero-order chi connectivity index (χ0) is 18.6. The van der Waals surface area contributed by atoms with Crippen LogP contribution in [-0.4, -0.2) is 37.5 Å². The van der Waals surface area contributed by atoms with Crippen LogP contribution >= 0.6 is 0 Å². The molecule has 7 nitrogen and oxygen atoms in total. The normalized spacial score (nSPS) is 22.2. The quantitative estimate of drug-likeness (QED) is 0.674. The Hall–Kier alpha value is -2.77. The summed E-state index contributed by atoms with van der Waals surface area (Å²) >= 11 is 0. The highest BCUT2D eigenvalue weighted by atomic mass is 19.1. The third kappa shape index (κ3) is 2.24. The minimum atomic E-state index is -0.604.